The summed E-state index contributed by atoms with van der Waals surface area (Å²) in [5.41, 5.74) is 0.847. The minimum atomic E-state index is -3.50. The number of aromatic nitrogens is 1. The number of nitrogens with zero attached hydrogens (tertiary/aromatic N) is 2. The van der Waals surface area contributed by atoms with Gasteiger partial charge < -0.3 is 4.74 Å². The lowest BCUT2D eigenvalue weighted by molar-refractivity contribution is -0.00267. The van der Waals surface area contributed by atoms with Crippen LogP contribution in [-0.2, 0) is 21.2 Å². The highest BCUT2D eigenvalue weighted by molar-refractivity contribution is 7.89. The minimum absolute atomic E-state index is 0.280. The van der Waals surface area contributed by atoms with E-state index in [2.05, 4.69) is 4.98 Å². The third kappa shape index (κ3) is 2.94. The second kappa shape index (κ2) is 6.45. The van der Waals surface area contributed by atoms with Crippen molar-refractivity contribution < 1.29 is 13.2 Å². The Morgan fingerprint density at radius 2 is 2.23 bits per heavy atom. The van der Waals surface area contributed by atoms with Gasteiger partial charge in [-0.15, -0.1) is 11.3 Å². The summed E-state index contributed by atoms with van der Waals surface area (Å²) in [5.74, 6) is 0. The molecule has 0 spiro atoms. The molecule has 1 aliphatic heterocycles. The Morgan fingerprint density at radius 3 is 2.95 bits per heavy atom. The maximum Gasteiger partial charge on any atom is 0.243 e. The molecule has 0 bridgehead atoms. The Hall–Kier alpha value is -1.28. The number of benzene rings is 1. The van der Waals surface area contributed by atoms with Gasteiger partial charge in [0.2, 0.25) is 10.0 Å². The Labute approximate surface area is 134 Å². The van der Waals surface area contributed by atoms with E-state index in [1.54, 1.807) is 18.3 Å². The van der Waals surface area contributed by atoms with Gasteiger partial charge in [-0.25, -0.2) is 13.4 Å². The van der Waals surface area contributed by atoms with Crippen LogP contribution in [0.3, 0.4) is 0 Å². The van der Waals surface area contributed by atoms with Crippen molar-refractivity contribution >= 4 is 21.4 Å². The molecule has 3 rings (SSSR count). The van der Waals surface area contributed by atoms with E-state index in [0.717, 1.165) is 10.6 Å². The molecule has 22 heavy (non-hydrogen) atoms. The number of ether oxygens (including phenoxy) is 1. The Balaban J connectivity index is 1.89. The highest BCUT2D eigenvalue weighted by Crippen LogP contribution is 2.28. The van der Waals surface area contributed by atoms with E-state index in [1.807, 2.05) is 24.4 Å². The summed E-state index contributed by atoms with van der Waals surface area (Å²) in [6.45, 7) is 3.04. The molecule has 2 heterocycles. The normalized spacial score (nSPS) is 20.1. The first-order chi connectivity index (χ1) is 10.6. The maximum atomic E-state index is 12.9. The van der Waals surface area contributed by atoms with Crippen molar-refractivity contribution in [1.82, 2.24) is 9.29 Å². The van der Waals surface area contributed by atoms with Crippen molar-refractivity contribution in [1.29, 1.82) is 0 Å². The fourth-order valence-electron chi connectivity index (χ4n) is 2.57. The second-order valence-electron chi connectivity index (χ2n) is 5.05. The van der Waals surface area contributed by atoms with Gasteiger partial charge >= 0.3 is 0 Å². The predicted octanol–water partition coefficient (Wildman–Crippen LogP) is 2.47. The zero-order valence-electron chi connectivity index (χ0n) is 12.3. The van der Waals surface area contributed by atoms with E-state index >= 15 is 0 Å². The highest BCUT2D eigenvalue weighted by atomic mass is 32.2. The average Bonchev–Trinajstić information content (AvgIpc) is 3.09. The summed E-state index contributed by atoms with van der Waals surface area (Å²) in [5, 5.41) is 2.70. The molecule has 0 saturated carbocycles. The lowest BCUT2D eigenvalue weighted by atomic mass is 10.2. The van der Waals surface area contributed by atoms with Crippen LogP contribution in [0.4, 0.5) is 0 Å². The fraction of sp³-hybridized carbons (Fsp3) is 0.400. The molecule has 0 N–H and O–H groups in total. The van der Waals surface area contributed by atoms with Crippen LogP contribution in [0, 0.1) is 0 Å². The summed E-state index contributed by atoms with van der Waals surface area (Å²) in [6, 6.07) is 7.19. The van der Waals surface area contributed by atoms with Gasteiger partial charge in [0.15, 0.2) is 0 Å². The van der Waals surface area contributed by atoms with Gasteiger partial charge in [0, 0.05) is 24.7 Å². The quantitative estimate of drug-likeness (QED) is 0.859. The van der Waals surface area contributed by atoms with E-state index in [4.69, 9.17) is 4.74 Å². The van der Waals surface area contributed by atoms with Gasteiger partial charge in [-0.2, -0.15) is 4.31 Å². The van der Waals surface area contributed by atoms with Gasteiger partial charge in [0.25, 0.3) is 0 Å². The number of rotatable bonds is 4. The molecule has 0 amide bonds. The topological polar surface area (TPSA) is 59.5 Å². The van der Waals surface area contributed by atoms with E-state index < -0.39 is 10.0 Å². The van der Waals surface area contributed by atoms with Gasteiger partial charge in [-0.1, -0.05) is 25.1 Å². The van der Waals surface area contributed by atoms with Crippen LogP contribution in [0.1, 0.15) is 23.6 Å². The van der Waals surface area contributed by atoms with E-state index in [1.165, 1.54) is 15.6 Å². The molecule has 0 aliphatic carbocycles. The largest absolute Gasteiger partial charge is 0.368 e. The number of morpholine rings is 1. The Bertz CT molecular complexity index is 729. The maximum absolute atomic E-state index is 12.9. The molecule has 1 fully saturated rings. The molecule has 1 aliphatic rings. The highest BCUT2D eigenvalue weighted by Gasteiger charge is 2.33. The van der Waals surface area contributed by atoms with Crippen LogP contribution in [0.25, 0.3) is 0 Å². The third-order valence-electron chi connectivity index (χ3n) is 3.73. The van der Waals surface area contributed by atoms with Crippen molar-refractivity contribution in [2.45, 2.75) is 24.3 Å². The van der Waals surface area contributed by atoms with Crippen molar-refractivity contribution in [3.8, 4) is 0 Å². The summed E-state index contributed by atoms with van der Waals surface area (Å²) in [6.07, 6.45) is 2.12. The lowest BCUT2D eigenvalue weighted by Crippen LogP contribution is -2.42. The van der Waals surface area contributed by atoms with Gasteiger partial charge in [-0.05, 0) is 18.1 Å². The van der Waals surface area contributed by atoms with Crippen LogP contribution < -0.4 is 0 Å². The lowest BCUT2D eigenvalue weighted by Gasteiger charge is -2.31. The van der Waals surface area contributed by atoms with Crippen LogP contribution >= 0.6 is 11.3 Å². The summed E-state index contributed by atoms with van der Waals surface area (Å²) < 4.78 is 33.1. The number of hydrogen-bond donors (Lipinski definition) is 0. The third-order valence-corrected chi connectivity index (χ3v) is 6.56. The summed E-state index contributed by atoms with van der Waals surface area (Å²) in [4.78, 5) is 4.64. The molecule has 1 aromatic carbocycles. The Kier molecular flexibility index (Phi) is 4.58. The Morgan fingerprint density at radius 1 is 1.41 bits per heavy atom. The first-order valence-electron chi connectivity index (χ1n) is 7.22. The number of aryl methyl sites for hydroxylation is 1. The van der Waals surface area contributed by atoms with Crippen LogP contribution in [0.15, 0.2) is 40.7 Å². The SMILES string of the molecule is CCc1ccccc1S(=O)(=O)N1CCOC(c2nccs2)C1. The summed E-state index contributed by atoms with van der Waals surface area (Å²) >= 11 is 1.49. The first kappa shape index (κ1) is 15.6. The molecule has 0 radical (unpaired) electrons. The van der Waals surface area contributed by atoms with Crippen molar-refractivity contribution in [2.24, 2.45) is 0 Å². The second-order valence-corrected chi connectivity index (χ2v) is 7.89. The average molecular weight is 338 g/mol. The van der Waals surface area contributed by atoms with Gasteiger partial charge in [-0.3, -0.25) is 0 Å². The number of sulfonamides is 1. The zero-order valence-corrected chi connectivity index (χ0v) is 13.9. The van der Waals surface area contributed by atoms with Crippen LogP contribution in [0.2, 0.25) is 0 Å². The van der Waals surface area contributed by atoms with Crippen LogP contribution in [0.5, 0.6) is 0 Å². The fourth-order valence-corrected chi connectivity index (χ4v) is 4.97. The van der Waals surface area contributed by atoms with E-state index in [-0.39, 0.29) is 6.10 Å². The van der Waals surface area contributed by atoms with Gasteiger partial charge in [0.1, 0.15) is 11.1 Å². The molecule has 1 atom stereocenters. The monoisotopic (exact) mass is 338 g/mol. The standard InChI is InChI=1S/C15H18N2O3S2/c1-2-12-5-3-4-6-14(12)22(18,19)17-8-9-20-13(11-17)15-16-7-10-21-15/h3-7,10,13H,2,8-9,11H2,1H3. The number of thiazole rings is 1. The zero-order chi connectivity index (χ0) is 15.6. The van der Waals surface area contributed by atoms with Crippen LogP contribution in [-0.4, -0.2) is 37.4 Å². The predicted molar refractivity (Wildman–Crippen MR) is 85.4 cm³/mol. The van der Waals surface area contributed by atoms with Crippen molar-refractivity contribution in [2.75, 3.05) is 19.7 Å². The first-order valence-corrected chi connectivity index (χ1v) is 9.54. The molecule has 1 aromatic heterocycles. The molecule has 118 valence electrons. The molecule has 1 unspecified atom stereocenters. The molecule has 5 nitrogen and oxygen atoms in total. The molecule has 7 heteroatoms. The minimum Gasteiger partial charge on any atom is -0.368 e. The van der Waals surface area contributed by atoms with Crippen molar-refractivity contribution in [3.63, 3.8) is 0 Å². The molecular weight excluding hydrogens is 320 g/mol. The molecule has 2 aromatic rings. The van der Waals surface area contributed by atoms with Gasteiger partial charge in [0.05, 0.1) is 11.5 Å². The van der Waals surface area contributed by atoms with E-state index in [0.29, 0.717) is 31.0 Å². The molecular formula is C15H18N2O3S2. The smallest absolute Gasteiger partial charge is 0.243 e. The molecule has 1 saturated heterocycles. The summed E-state index contributed by atoms with van der Waals surface area (Å²) in [7, 11) is -3.50. The number of hydrogen-bond acceptors (Lipinski definition) is 5. The van der Waals surface area contributed by atoms with Crippen molar-refractivity contribution in [3.05, 3.63) is 46.4 Å². The van der Waals surface area contributed by atoms with E-state index in [9.17, 15) is 8.42 Å².